The summed E-state index contributed by atoms with van der Waals surface area (Å²) < 4.78 is 0. The van der Waals surface area contributed by atoms with Crippen LogP contribution in [0.25, 0.3) is 0 Å². The minimum absolute atomic E-state index is 0.225. The third kappa shape index (κ3) is 0.880. The lowest BCUT2D eigenvalue weighted by Gasteiger charge is -1.83. The minimum Gasteiger partial charge on any atom is -0.494 e. The number of hydrogen-bond donors (Lipinski definition) is 4. The molecule has 0 aromatic carbocycles. The number of nitrogens with zero attached hydrogens (tertiary/aromatic N) is 2. The summed E-state index contributed by atoms with van der Waals surface area (Å²) in [6, 6.07) is 1.58. The lowest BCUT2D eigenvalue weighted by molar-refractivity contribution is 0.425. The van der Waals surface area contributed by atoms with Crippen molar-refractivity contribution < 1.29 is 10.2 Å². The Morgan fingerprint density at radius 3 is 2.45 bits per heavy atom. The van der Waals surface area contributed by atoms with Gasteiger partial charge in [-0.05, 0) is 0 Å². The molecular formula is C5H4N4O2. The van der Waals surface area contributed by atoms with E-state index in [1.807, 2.05) is 0 Å². The summed E-state index contributed by atoms with van der Waals surface area (Å²) in [4.78, 5) is 2.05. The lowest BCUT2D eigenvalue weighted by Crippen LogP contribution is -1.67. The van der Waals surface area contributed by atoms with Crippen LogP contribution in [0.3, 0.4) is 0 Å². The van der Waals surface area contributed by atoms with E-state index >= 15 is 0 Å². The molecule has 0 fully saturated rings. The molecule has 0 unspecified atom stereocenters. The number of H-pyrrole nitrogens is 1. The Morgan fingerprint density at radius 2 is 2.09 bits per heavy atom. The average Bonchev–Trinajstić information content (AvgIpc) is 2.24. The van der Waals surface area contributed by atoms with Gasteiger partial charge in [-0.25, -0.2) is 5.53 Å². The molecule has 0 spiro atoms. The zero-order valence-corrected chi connectivity index (χ0v) is 5.29. The van der Waals surface area contributed by atoms with E-state index < -0.39 is 11.8 Å². The highest BCUT2D eigenvalue weighted by atomic mass is 16.3. The second-order valence-electron chi connectivity index (χ2n) is 1.77. The van der Waals surface area contributed by atoms with E-state index in [2.05, 4.69) is 10.1 Å². The second-order valence-corrected chi connectivity index (χ2v) is 1.77. The molecular weight excluding hydrogens is 148 g/mol. The normalized spacial score (nSPS) is 9.00. The van der Waals surface area contributed by atoms with Gasteiger partial charge in [-0.2, -0.15) is 10.4 Å². The van der Waals surface area contributed by atoms with E-state index in [0.717, 1.165) is 0 Å². The largest absolute Gasteiger partial charge is 0.494 e. The second kappa shape index (κ2) is 2.30. The van der Waals surface area contributed by atoms with E-state index in [9.17, 15) is 0 Å². The first kappa shape index (κ1) is 7.08. The van der Waals surface area contributed by atoms with Crippen molar-refractivity contribution in [3.8, 4) is 17.8 Å². The minimum atomic E-state index is -0.478. The van der Waals surface area contributed by atoms with Crippen LogP contribution in [-0.4, -0.2) is 15.2 Å². The maximum atomic E-state index is 8.86. The van der Waals surface area contributed by atoms with Gasteiger partial charge >= 0.3 is 0 Å². The Hall–Kier alpha value is -2.03. The Bertz CT molecular complexity index is 335. The van der Waals surface area contributed by atoms with Gasteiger partial charge in [0.25, 0.3) is 0 Å². The van der Waals surface area contributed by atoms with E-state index in [1.54, 1.807) is 6.07 Å². The van der Waals surface area contributed by atoms with Crippen molar-refractivity contribution in [1.29, 1.82) is 10.8 Å². The fourth-order valence-electron chi connectivity index (χ4n) is 0.679. The molecule has 1 aromatic rings. The summed E-state index contributed by atoms with van der Waals surface area (Å²) in [7, 11) is 0. The molecule has 1 rings (SSSR count). The maximum Gasteiger partial charge on any atom is 0.221 e. The number of nitriles is 1. The highest BCUT2D eigenvalue weighted by Crippen LogP contribution is 2.35. The van der Waals surface area contributed by atoms with Gasteiger partial charge in [0.2, 0.25) is 11.8 Å². The summed E-state index contributed by atoms with van der Waals surface area (Å²) in [6.45, 7) is 0. The third-order valence-corrected chi connectivity index (χ3v) is 1.16. The SMILES string of the molecule is N#Cc1c(O)[nH]c(O)c1N=N. The molecule has 0 aliphatic rings. The quantitative estimate of drug-likeness (QED) is 0.449. The Kier molecular flexibility index (Phi) is 1.48. The molecule has 0 saturated heterocycles. The van der Waals surface area contributed by atoms with E-state index in [1.165, 1.54) is 0 Å². The summed E-state index contributed by atoms with van der Waals surface area (Å²) in [5.41, 5.74) is 6.05. The van der Waals surface area contributed by atoms with Crippen molar-refractivity contribution in [2.45, 2.75) is 0 Å². The van der Waals surface area contributed by atoms with Crippen LogP contribution in [0.5, 0.6) is 11.8 Å². The fourth-order valence-corrected chi connectivity index (χ4v) is 0.679. The lowest BCUT2D eigenvalue weighted by atomic mass is 10.3. The molecule has 6 heteroatoms. The fraction of sp³-hybridized carbons (Fsp3) is 0. The summed E-state index contributed by atoms with van der Waals surface area (Å²) in [6.07, 6.45) is 0. The van der Waals surface area contributed by atoms with E-state index in [4.69, 9.17) is 21.0 Å². The molecule has 4 N–H and O–H groups in total. The first-order valence-electron chi connectivity index (χ1n) is 2.62. The van der Waals surface area contributed by atoms with Crippen LogP contribution in [0.4, 0.5) is 5.69 Å². The summed E-state index contributed by atoms with van der Waals surface area (Å²) in [5.74, 6) is -0.954. The van der Waals surface area contributed by atoms with Gasteiger partial charge < -0.3 is 10.2 Å². The van der Waals surface area contributed by atoms with E-state index in [0.29, 0.717) is 0 Å². The summed E-state index contributed by atoms with van der Waals surface area (Å²) >= 11 is 0. The van der Waals surface area contributed by atoms with Crippen LogP contribution in [0.2, 0.25) is 0 Å². The van der Waals surface area contributed by atoms with Crippen LogP contribution >= 0.6 is 0 Å². The molecule has 0 radical (unpaired) electrons. The smallest absolute Gasteiger partial charge is 0.221 e. The summed E-state index contributed by atoms with van der Waals surface area (Å²) in [5, 5.41) is 28.9. The number of rotatable bonds is 1. The van der Waals surface area contributed by atoms with Crippen LogP contribution in [0, 0.1) is 16.9 Å². The van der Waals surface area contributed by atoms with Crippen molar-refractivity contribution in [2.75, 3.05) is 0 Å². The monoisotopic (exact) mass is 152 g/mol. The maximum absolute atomic E-state index is 8.86. The molecule has 0 bridgehead atoms. The van der Waals surface area contributed by atoms with Crippen molar-refractivity contribution in [3.63, 3.8) is 0 Å². The van der Waals surface area contributed by atoms with E-state index in [-0.39, 0.29) is 11.3 Å². The number of aromatic nitrogens is 1. The topological polar surface area (TPSA) is 116 Å². The zero-order valence-electron chi connectivity index (χ0n) is 5.29. The molecule has 0 saturated carbocycles. The standard InChI is InChI=1S/C5H4N4O2/c6-1-2-3(9-7)5(11)8-4(2)10/h7-8,10-11H. The number of nitrogens with one attached hydrogen (secondary N) is 2. The zero-order chi connectivity index (χ0) is 8.43. The number of hydrogen-bond acceptors (Lipinski definition) is 5. The molecule has 6 nitrogen and oxygen atoms in total. The Balaban J connectivity index is 3.43. The Labute approximate surface area is 61.2 Å². The molecule has 0 aliphatic carbocycles. The molecule has 56 valence electrons. The number of aromatic hydroxyl groups is 2. The first-order chi connectivity index (χ1) is 5.20. The van der Waals surface area contributed by atoms with Gasteiger partial charge in [-0.1, -0.05) is 0 Å². The third-order valence-electron chi connectivity index (χ3n) is 1.16. The predicted octanol–water partition coefficient (Wildman–Crippen LogP) is 0.960. The van der Waals surface area contributed by atoms with Crippen molar-refractivity contribution in [3.05, 3.63) is 5.56 Å². The highest BCUT2D eigenvalue weighted by molar-refractivity contribution is 5.64. The molecule has 0 atom stereocenters. The van der Waals surface area contributed by atoms with Crippen molar-refractivity contribution >= 4 is 5.69 Å². The Morgan fingerprint density at radius 1 is 1.45 bits per heavy atom. The van der Waals surface area contributed by atoms with Crippen LogP contribution in [0.15, 0.2) is 5.11 Å². The van der Waals surface area contributed by atoms with Crippen LogP contribution in [0.1, 0.15) is 5.56 Å². The van der Waals surface area contributed by atoms with Crippen LogP contribution < -0.4 is 0 Å². The number of aromatic amines is 1. The molecule has 0 aliphatic heterocycles. The molecule has 1 aromatic heterocycles. The van der Waals surface area contributed by atoms with Crippen molar-refractivity contribution in [1.82, 2.24) is 4.98 Å². The first-order valence-corrected chi connectivity index (χ1v) is 2.62. The van der Waals surface area contributed by atoms with Gasteiger partial charge in [-0.3, -0.25) is 4.98 Å². The van der Waals surface area contributed by atoms with Crippen molar-refractivity contribution in [2.24, 2.45) is 5.11 Å². The van der Waals surface area contributed by atoms with Gasteiger partial charge in [0.05, 0.1) is 0 Å². The molecule has 1 heterocycles. The highest BCUT2D eigenvalue weighted by Gasteiger charge is 2.15. The molecule has 0 amide bonds. The van der Waals surface area contributed by atoms with Gasteiger partial charge in [-0.15, -0.1) is 0 Å². The van der Waals surface area contributed by atoms with Crippen LogP contribution in [-0.2, 0) is 0 Å². The molecule has 11 heavy (non-hydrogen) atoms. The predicted molar refractivity (Wildman–Crippen MR) is 33.6 cm³/mol. The average molecular weight is 152 g/mol. The van der Waals surface area contributed by atoms with Gasteiger partial charge in [0.1, 0.15) is 11.6 Å². The van der Waals surface area contributed by atoms with Gasteiger partial charge in [0.15, 0.2) is 5.69 Å². The van der Waals surface area contributed by atoms with Gasteiger partial charge in [0, 0.05) is 0 Å².